The zero-order valence-corrected chi connectivity index (χ0v) is 18.5. The smallest absolute Gasteiger partial charge is 0.135 e. The first-order chi connectivity index (χ1) is 15.9. The second kappa shape index (κ2) is 9.85. The molecule has 1 heterocycles. The predicted molar refractivity (Wildman–Crippen MR) is 126 cm³/mol. The SMILES string of the molecule is Cc1ccc(CC(C#Cc2ccc(CO)cc2-c2ccco2)c2cc(F)cc(F)c2)cc1C. The molecule has 0 fully saturated rings. The molecule has 0 spiro atoms. The highest BCUT2D eigenvalue weighted by Gasteiger charge is 2.14. The van der Waals surface area contributed by atoms with E-state index in [1.165, 1.54) is 17.7 Å². The number of benzene rings is 3. The minimum atomic E-state index is -0.625. The van der Waals surface area contributed by atoms with Crippen molar-refractivity contribution in [2.75, 3.05) is 0 Å². The fraction of sp³-hybridized carbons (Fsp3) is 0.172. The molecule has 0 saturated heterocycles. The summed E-state index contributed by atoms with van der Waals surface area (Å²) in [6, 6.07) is 18.8. The number of aryl methyl sites for hydroxylation is 2. The summed E-state index contributed by atoms with van der Waals surface area (Å²) in [4.78, 5) is 0. The maximum Gasteiger partial charge on any atom is 0.135 e. The number of hydrogen-bond acceptors (Lipinski definition) is 2. The van der Waals surface area contributed by atoms with Crippen LogP contribution in [0.5, 0.6) is 0 Å². The molecule has 0 aliphatic rings. The molecule has 4 aromatic rings. The lowest BCUT2D eigenvalue weighted by atomic mass is 9.90. The van der Waals surface area contributed by atoms with Crippen molar-refractivity contribution in [2.45, 2.75) is 32.8 Å². The molecule has 4 rings (SSSR count). The molecule has 1 unspecified atom stereocenters. The van der Waals surface area contributed by atoms with Crippen LogP contribution in [0.2, 0.25) is 0 Å². The van der Waals surface area contributed by atoms with Crippen LogP contribution >= 0.6 is 0 Å². The topological polar surface area (TPSA) is 33.4 Å². The predicted octanol–water partition coefficient (Wildman–Crippen LogP) is 6.71. The van der Waals surface area contributed by atoms with E-state index in [0.717, 1.165) is 28.3 Å². The van der Waals surface area contributed by atoms with E-state index in [-0.39, 0.29) is 6.61 Å². The van der Waals surface area contributed by atoms with Crippen molar-refractivity contribution in [3.8, 4) is 23.2 Å². The third kappa shape index (κ3) is 5.39. The first kappa shape index (κ1) is 22.5. The Kier molecular flexibility index (Phi) is 6.72. The number of rotatable bonds is 5. The van der Waals surface area contributed by atoms with E-state index in [9.17, 15) is 13.9 Å². The molecular weight excluding hydrogens is 418 g/mol. The second-order valence-electron chi connectivity index (χ2n) is 8.16. The summed E-state index contributed by atoms with van der Waals surface area (Å²) in [6.45, 7) is 3.99. The summed E-state index contributed by atoms with van der Waals surface area (Å²) >= 11 is 0. The van der Waals surface area contributed by atoms with Crippen LogP contribution in [0, 0.1) is 37.3 Å². The molecule has 0 radical (unpaired) electrons. The normalized spacial score (nSPS) is 11.7. The van der Waals surface area contributed by atoms with Gasteiger partial charge in [0.15, 0.2) is 0 Å². The van der Waals surface area contributed by atoms with Crippen LogP contribution in [0.4, 0.5) is 8.78 Å². The van der Waals surface area contributed by atoms with Crippen LogP contribution in [-0.2, 0) is 13.0 Å². The summed E-state index contributed by atoms with van der Waals surface area (Å²) < 4.78 is 33.6. The van der Waals surface area contributed by atoms with Crippen LogP contribution in [0.15, 0.2) is 77.4 Å². The molecule has 1 atom stereocenters. The van der Waals surface area contributed by atoms with Crippen LogP contribution < -0.4 is 0 Å². The van der Waals surface area contributed by atoms with Gasteiger partial charge in [0.1, 0.15) is 17.4 Å². The molecule has 33 heavy (non-hydrogen) atoms. The highest BCUT2D eigenvalue weighted by molar-refractivity contribution is 5.68. The highest BCUT2D eigenvalue weighted by atomic mass is 19.1. The molecule has 4 heteroatoms. The number of furan rings is 1. The molecule has 0 saturated carbocycles. The third-order valence-electron chi connectivity index (χ3n) is 5.73. The number of aliphatic hydroxyl groups excluding tert-OH is 1. The van der Waals surface area contributed by atoms with Gasteiger partial charge in [-0.15, -0.1) is 0 Å². The summed E-state index contributed by atoms with van der Waals surface area (Å²) in [5.74, 6) is 5.41. The second-order valence-corrected chi connectivity index (χ2v) is 8.16. The van der Waals surface area contributed by atoms with Gasteiger partial charge in [0.2, 0.25) is 0 Å². The monoisotopic (exact) mass is 442 g/mol. The van der Waals surface area contributed by atoms with Crippen molar-refractivity contribution in [1.82, 2.24) is 0 Å². The fourth-order valence-electron chi connectivity index (χ4n) is 3.79. The average Bonchev–Trinajstić information content (AvgIpc) is 3.33. The lowest BCUT2D eigenvalue weighted by Crippen LogP contribution is -2.03. The lowest BCUT2D eigenvalue weighted by molar-refractivity contribution is 0.282. The Hall–Kier alpha value is -3.68. The zero-order chi connectivity index (χ0) is 23.4. The van der Waals surface area contributed by atoms with Crippen molar-refractivity contribution >= 4 is 0 Å². The van der Waals surface area contributed by atoms with Gasteiger partial charge in [-0.2, -0.15) is 0 Å². The van der Waals surface area contributed by atoms with Crippen LogP contribution in [0.25, 0.3) is 11.3 Å². The Morgan fingerprint density at radius 2 is 1.64 bits per heavy atom. The van der Waals surface area contributed by atoms with E-state index < -0.39 is 17.6 Å². The van der Waals surface area contributed by atoms with Gasteiger partial charge < -0.3 is 9.52 Å². The minimum absolute atomic E-state index is 0.0978. The van der Waals surface area contributed by atoms with Gasteiger partial charge in [0, 0.05) is 23.1 Å². The zero-order valence-electron chi connectivity index (χ0n) is 18.5. The maximum absolute atomic E-state index is 14.0. The van der Waals surface area contributed by atoms with Gasteiger partial charge in [0.05, 0.1) is 12.9 Å². The Bertz CT molecular complexity index is 1310. The van der Waals surface area contributed by atoms with Crippen LogP contribution in [0.1, 0.15) is 39.3 Å². The number of aliphatic hydroxyl groups is 1. The molecule has 1 N–H and O–H groups in total. The number of hydrogen-bond donors (Lipinski definition) is 1. The standard InChI is InChI=1S/C29H24F2O2/c1-19-5-6-21(12-20(19)2)13-24(25-15-26(30)17-27(31)16-25)10-9-23-8-7-22(18-32)14-28(23)29-4-3-11-33-29/h3-8,11-12,14-17,24,32H,13,18H2,1-2H3. The van der Waals surface area contributed by atoms with E-state index in [2.05, 4.69) is 17.9 Å². The van der Waals surface area contributed by atoms with Gasteiger partial charge in [-0.05, 0) is 84.5 Å². The van der Waals surface area contributed by atoms with Crippen LogP contribution in [0.3, 0.4) is 0 Å². The van der Waals surface area contributed by atoms with Crippen molar-refractivity contribution in [2.24, 2.45) is 0 Å². The minimum Gasteiger partial charge on any atom is -0.464 e. The quantitative estimate of drug-likeness (QED) is 0.349. The third-order valence-corrected chi connectivity index (χ3v) is 5.73. The van der Waals surface area contributed by atoms with Gasteiger partial charge >= 0.3 is 0 Å². The van der Waals surface area contributed by atoms with Gasteiger partial charge in [-0.25, -0.2) is 8.78 Å². The molecule has 0 aliphatic carbocycles. The maximum atomic E-state index is 14.0. The Morgan fingerprint density at radius 1 is 0.879 bits per heavy atom. The van der Waals surface area contributed by atoms with Gasteiger partial charge in [0.25, 0.3) is 0 Å². The molecule has 1 aromatic heterocycles. The van der Waals surface area contributed by atoms with Crippen molar-refractivity contribution < 1.29 is 18.3 Å². The fourth-order valence-corrected chi connectivity index (χ4v) is 3.79. The Balaban J connectivity index is 1.77. The largest absolute Gasteiger partial charge is 0.464 e. The highest BCUT2D eigenvalue weighted by Crippen LogP contribution is 2.27. The molecular formula is C29H24F2O2. The summed E-state index contributed by atoms with van der Waals surface area (Å²) in [6.07, 6.45) is 2.10. The van der Waals surface area contributed by atoms with Gasteiger partial charge in [-0.1, -0.05) is 36.1 Å². The Morgan fingerprint density at radius 3 is 2.30 bits per heavy atom. The first-order valence-corrected chi connectivity index (χ1v) is 10.7. The lowest BCUT2D eigenvalue weighted by Gasteiger charge is -2.13. The van der Waals surface area contributed by atoms with E-state index >= 15 is 0 Å². The van der Waals surface area contributed by atoms with Crippen molar-refractivity contribution in [3.05, 3.63) is 118 Å². The number of halogens is 2. The van der Waals surface area contributed by atoms with Crippen molar-refractivity contribution in [3.63, 3.8) is 0 Å². The van der Waals surface area contributed by atoms with E-state index in [1.54, 1.807) is 18.4 Å². The average molecular weight is 443 g/mol. The van der Waals surface area contributed by atoms with E-state index in [4.69, 9.17) is 4.42 Å². The molecule has 2 nitrogen and oxygen atoms in total. The summed E-state index contributed by atoms with van der Waals surface area (Å²) in [7, 11) is 0. The van der Waals surface area contributed by atoms with E-state index in [1.807, 2.05) is 44.2 Å². The van der Waals surface area contributed by atoms with Crippen LogP contribution in [-0.4, -0.2) is 5.11 Å². The molecule has 3 aromatic carbocycles. The van der Waals surface area contributed by atoms with Gasteiger partial charge in [-0.3, -0.25) is 0 Å². The molecule has 166 valence electrons. The Labute approximate surface area is 192 Å². The van der Waals surface area contributed by atoms with E-state index in [0.29, 0.717) is 23.3 Å². The molecule has 0 bridgehead atoms. The molecule has 0 amide bonds. The van der Waals surface area contributed by atoms with Crippen molar-refractivity contribution in [1.29, 1.82) is 0 Å². The summed E-state index contributed by atoms with van der Waals surface area (Å²) in [5.41, 5.74) is 6.09. The molecule has 0 aliphatic heterocycles. The first-order valence-electron chi connectivity index (χ1n) is 10.7. The summed E-state index contributed by atoms with van der Waals surface area (Å²) in [5, 5.41) is 9.54.